The summed E-state index contributed by atoms with van der Waals surface area (Å²) in [5.41, 5.74) is -1.45. The second-order valence-corrected chi connectivity index (χ2v) is 3.84. The molecule has 1 fully saturated rings. The Bertz CT molecular complexity index is 215. The molecule has 12 heavy (non-hydrogen) atoms. The maximum Gasteiger partial charge on any atom is 0.263 e. The van der Waals surface area contributed by atoms with Crippen molar-refractivity contribution >= 4 is 5.91 Å². The Morgan fingerprint density at radius 1 is 1.50 bits per heavy atom. The number of amides is 1. The van der Waals surface area contributed by atoms with Crippen LogP contribution in [0.1, 0.15) is 27.2 Å². The Balaban J connectivity index is 2.56. The molecule has 0 heterocycles. The molecular formula is C8H13F2NO. The van der Waals surface area contributed by atoms with Gasteiger partial charge in [-0.15, -0.1) is 0 Å². The second-order valence-electron chi connectivity index (χ2n) is 3.84. The quantitative estimate of drug-likeness (QED) is 0.681. The van der Waals surface area contributed by atoms with Crippen LogP contribution in [-0.4, -0.2) is 17.9 Å². The number of carbonyl (C=O) groups is 1. The average Bonchev–Trinajstić information content (AvgIpc) is 2.32. The van der Waals surface area contributed by atoms with E-state index < -0.39 is 17.2 Å². The molecule has 0 aromatic heterocycles. The molecule has 1 aliphatic carbocycles. The number of hydrogen-bond acceptors (Lipinski definition) is 1. The first-order valence-corrected chi connectivity index (χ1v) is 3.98. The van der Waals surface area contributed by atoms with Crippen LogP contribution in [0.2, 0.25) is 0 Å². The standard InChI is InChI=1S/C8H13F2NO/c1-5(2)11-6(12)7(3)4-8(7,9)10/h5H,4H2,1-3H3,(H,11,12). The monoisotopic (exact) mass is 177 g/mol. The van der Waals surface area contributed by atoms with Crippen molar-refractivity contribution in [1.29, 1.82) is 0 Å². The third kappa shape index (κ3) is 1.30. The maximum absolute atomic E-state index is 12.6. The van der Waals surface area contributed by atoms with Gasteiger partial charge in [0, 0.05) is 12.5 Å². The summed E-state index contributed by atoms with van der Waals surface area (Å²) in [7, 11) is 0. The van der Waals surface area contributed by atoms with Gasteiger partial charge in [-0.05, 0) is 20.8 Å². The number of carbonyl (C=O) groups excluding carboxylic acids is 1. The van der Waals surface area contributed by atoms with Gasteiger partial charge in [0.15, 0.2) is 0 Å². The van der Waals surface area contributed by atoms with Crippen molar-refractivity contribution in [1.82, 2.24) is 5.32 Å². The van der Waals surface area contributed by atoms with Crippen molar-refractivity contribution in [2.45, 2.75) is 39.2 Å². The molecule has 0 aliphatic heterocycles. The van der Waals surface area contributed by atoms with Crippen LogP contribution in [0, 0.1) is 5.41 Å². The van der Waals surface area contributed by atoms with Crippen LogP contribution in [0.25, 0.3) is 0 Å². The van der Waals surface area contributed by atoms with E-state index in [9.17, 15) is 13.6 Å². The SMILES string of the molecule is CC(C)NC(=O)C1(C)CC1(F)F. The van der Waals surface area contributed by atoms with E-state index >= 15 is 0 Å². The van der Waals surface area contributed by atoms with Gasteiger partial charge in [-0.3, -0.25) is 4.79 Å². The Morgan fingerprint density at radius 2 is 1.92 bits per heavy atom. The fourth-order valence-electron chi connectivity index (χ4n) is 1.07. The van der Waals surface area contributed by atoms with Gasteiger partial charge in [0.25, 0.3) is 5.92 Å². The predicted molar refractivity (Wildman–Crippen MR) is 40.9 cm³/mol. The molecule has 1 amide bonds. The molecule has 1 N–H and O–H groups in total. The molecule has 1 unspecified atom stereocenters. The second kappa shape index (κ2) is 2.41. The number of hydrogen-bond donors (Lipinski definition) is 1. The Labute approximate surface area is 70.3 Å². The predicted octanol–water partition coefficient (Wildman–Crippen LogP) is 1.56. The molecule has 0 spiro atoms. The minimum absolute atomic E-state index is 0.0780. The lowest BCUT2D eigenvalue weighted by Gasteiger charge is -2.13. The largest absolute Gasteiger partial charge is 0.353 e. The van der Waals surface area contributed by atoms with Gasteiger partial charge in [-0.25, -0.2) is 8.78 Å². The van der Waals surface area contributed by atoms with Crippen LogP contribution < -0.4 is 5.32 Å². The highest BCUT2D eigenvalue weighted by Crippen LogP contribution is 2.60. The summed E-state index contributed by atoms with van der Waals surface area (Å²) in [6, 6.07) is -0.0780. The molecule has 4 heteroatoms. The number of rotatable bonds is 2. The Morgan fingerprint density at radius 3 is 2.17 bits per heavy atom. The fraction of sp³-hybridized carbons (Fsp3) is 0.875. The molecule has 70 valence electrons. The van der Waals surface area contributed by atoms with Crippen molar-refractivity contribution < 1.29 is 13.6 Å². The van der Waals surface area contributed by atoms with Gasteiger partial charge in [-0.2, -0.15) is 0 Å². The van der Waals surface area contributed by atoms with Gasteiger partial charge < -0.3 is 5.32 Å². The topological polar surface area (TPSA) is 29.1 Å². The molecule has 1 rings (SSSR count). The van der Waals surface area contributed by atoms with Crippen LogP contribution in [0.3, 0.4) is 0 Å². The van der Waals surface area contributed by atoms with E-state index in [2.05, 4.69) is 5.32 Å². The van der Waals surface area contributed by atoms with Crippen molar-refractivity contribution in [2.24, 2.45) is 5.41 Å². The fourth-order valence-corrected chi connectivity index (χ4v) is 1.07. The van der Waals surface area contributed by atoms with Crippen molar-refractivity contribution in [3.05, 3.63) is 0 Å². The van der Waals surface area contributed by atoms with E-state index in [1.54, 1.807) is 13.8 Å². The molecule has 0 bridgehead atoms. The van der Waals surface area contributed by atoms with E-state index in [1.807, 2.05) is 0 Å². The molecule has 0 saturated heterocycles. The summed E-state index contributed by atoms with van der Waals surface area (Å²) in [6.45, 7) is 4.80. The van der Waals surface area contributed by atoms with Crippen LogP contribution in [0.15, 0.2) is 0 Å². The third-order valence-corrected chi connectivity index (χ3v) is 2.18. The molecule has 0 radical (unpaired) electrons. The molecular weight excluding hydrogens is 164 g/mol. The highest BCUT2D eigenvalue weighted by molar-refractivity contribution is 5.87. The zero-order chi connectivity index (χ0) is 9.57. The smallest absolute Gasteiger partial charge is 0.263 e. The Kier molecular flexibility index (Phi) is 1.89. The van der Waals surface area contributed by atoms with Crippen LogP contribution in [0.4, 0.5) is 8.78 Å². The summed E-state index contributed by atoms with van der Waals surface area (Å²) in [5.74, 6) is -3.34. The molecule has 0 aromatic rings. The van der Waals surface area contributed by atoms with Crippen molar-refractivity contribution in [3.63, 3.8) is 0 Å². The molecule has 1 saturated carbocycles. The van der Waals surface area contributed by atoms with Gasteiger partial charge >= 0.3 is 0 Å². The van der Waals surface area contributed by atoms with Crippen LogP contribution in [-0.2, 0) is 4.79 Å². The van der Waals surface area contributed by atoms with Crippen molar-refractivity contribution in [2.75, 3.05) is 0 Å². The van der Waals surface area contributed by atoms with E-state index in [-0.39, 0.29) is 12.5 Å². The molecule has 1 atom stereocenters. The van der Waals surface area contributed by atoms with Gasteiger partial charge in [0.1, 0.15) is 5.41 Å². The third-order valence-electron chi connectivity index (χ3n) is 2.18. The van der Waals surface area contributed by atoms with Gasteiger partial charge in [0.05, 0.1) is 0 Å². The normalized spacial score (nSPS) is 31.8. The van der Waals surface area contributed by atoms with Crippen LogP contribution in [0.5, 0.6) is 0 Å². The summed E-state index contributed by atoms with van der Waals surface area (Å²) in [4.78, 5) is 11.2. The highest BCUT2D eigenvalue weighted by atomic mass is 19.3. The van der Waals surface area contributed by atoms with E-state index in [0.717, 1.165) is 0 Å². The molecule has 0 aromatic carbocycles. The summed E-state index contributed by atoms with van der Waals surface area (Å²) >= 11 is 0. The average molecular weight is 177 g/mol. The van der Waals surface area contributed by atoms with E-state index in [4.69, 9.17) is 0 Å². The summed E-state index contributed by atoms with van der Waals surface area (Å²) < 4.78 is 25.2. The first-order chi connectivity index (χ1) is 5.29. The molecule has 1 aliphatic rings. The Hall–Kier alpha value is -0.670. The number of alkyl halides is 2. The lowest BCUT2D eigenvalue weighted by molar-refractivity contribution is -0.129. The number of nitrogens with one attached hydrogen (secondary N) is 1. The summed E-state index contributed by atoms with van der Waals surface area (Å²) in [6.07, 6.45) is -0.321. The minimum atomic E-state index is -2.80. The first kappa shape index (κ1) is 9.42. The zero-order valence-electron chi connectivity index (χ0n) is 7.45. The zero-order valence-corrected chi connectivity index (χ0v) is 7.45. The lowest BCUT2D eigenvalue weighted by atomic mass is 10.1. The lowest BCUT2D eigenvalue weighted by Crippen LogP contribution is -2.37. The first-order valence-electron chi connectivity index (χ1n) is 3.98. The van der Waals surface area contributed by atoms with E-state index in [0.29, 0.717) is 0 Å². The van der Waals surface area contributed by atoms with Crippen LogP contribution >= 0.6 is 0 Å². The minimum Gasteiger partial charge on any atom is -0.353 e. The number of halogens is 2. The van der Waals surface area contributed by atoms with Crippen molar-refractivity contribution in [3.8, 4) is 0 Å². The van der Waals surface area contributed by atoms with Gasteiger partial charge in [0.2, 0.25) is 5.91 Å². The van der Waals surface area contributed by atoms with E-state index in [1.165, 1.54) is 6.92 Å². The maximum atomic E-state index is 12.6. The highest BCUT2D eigenvalue weighted by Gasteiger charge is 2.72. The molecule has 2 nitrogen and oxygen atoms in total. The van der Waals surface area contributed by atoms with Gasteiger partial charge in [-0.1, -0.05) is 0 Å². The summed E-state index contributed by atoms with van der Waals surface area (Å²) in [5, 5.41) is 2.48.